The molecule has 3 rings (SSSR count). The van der Waals surface area contributed by atoms with E-state index in [1.165, 1.54) is 6.07 Å². The molecule has 1 aromatic carbocycles. The number of rotatable bonds is 2. The van der Waals surface area contributed by atoms with Crippen LogP contribution in [0.2, 0.25) is 0 Å². The summed E-state index contributed by atoms with van der Waals surface area (Å²) in [5.41, 5.74) is 0.166. The number of carbonyl (C=O) groups excluding carboxylic acids is 1. The number of halogens is 1. The number of fused-ring (bicyclic) bond motifs is 1. The second-order valence-electron chi connectivity index (χ2n) is 4.99. The van der Waals surface area contributed by atoms with Gasteiger partial charge in [0, 0.05) is 5.39 Å². The van der Waals surface area contributed by atoms with E-state index in [1.54, 1.807) is 18.2 Å². The normalized spacial score (nSPS) is 20.4. The van der Waals surface area contributed by atoms with Crippen molar-refractivity contribution in [1.82, 2.24) is 5.32 Å². The summed E-state index contributed by atoms with van der Waals surface area (Å²) < 4.78 is 18.9. The SMILES string of the molecule is O=C(c1cc2cccc(F)c2o1)C1CCCCCN1. The molecule has 2 aromatic rings. The number of hydrogen-bond acceptors (Lipinski definition) is 3. The van der Waals surface area contributed by atoms with Crippen LogP contribution in [0.25, 0.3) is 11.0 Å². The van der Waals surface area contributed by atoms with E-state index in [9.17, 15) is 9.18 Å². The predicted molar refractivity (Wildman–Crippen MR) is 70.8 cm³/mol. The third-order valence-electron chi connectivity index (χ3n) is 3.62. The number of carbonyl (C=O) groups is 1. The minimum atomic E-state index is -0.426. The molecule has 0 aliphatic carbocycles. The number of nitrogens with one attached hydrogen (secondary N) is 1. The van der Waals surface area contributed by atoms with Crippen LogP contribution in [-0.4, -0.2) is 18.4 Å². The van der Waals surface area contributed by atoms with Crippen molar-refractivity contribution in [2.45, 2.75) is 31.7 Å². The molecule has 1 fully saturated rings. The van der Waals surface area contributed by atoms with Crippen molar-refractivity contribution in [2.24, 2.45) is 0 Å². The Hall–Kier alpha value is -1.68. The standard InChI is InChI=1S/C15H16FNO2/c16-11-6-4-5-10-9-13(19-15(10)11)14(18)12-7-2-1-3-8-17-12/h4-6,9,12,17H,1-3,7-8H2. The first-order valence-electron chi connectivity index (χ1n) is 6.71. The van der Waals surface area contributed by atoms with Crippen molar-refractivity contribution in [2.75, 3.05) is 6.54 Å². The van der Waals surface area contributed by atoms with Gasteiger partial charge in [-0.1, -0.05) is 25.0 Å². The van der Waals surface area contributed by atoms with Gasteiger partial charge in [0.1, 0.15) is 0 Å². The predicted octanol–water partition coefficient (Wildman–Crippen LogP) is 3.29. The number of para-hydroxylation sites is 1. The van der Waals surface area contributed by atoms with Gasteiger partial charge in [-0.2, -0.15) is 0 Å². The Bertz CT molecular complexity index is 597. The smallest absolute Gasteiger partial charge is 0.214 e. The van der Waals surface area contributed by atoms with Crippen LogP contribution in [0, 0.1) is 5.82 Å². The summed E-state index contributed by atoms with van der Waals surface area (Å²) in [6.07, 6.45) is 4.10. The highest BCUT2D eigenvalue weighted by Crippen LogP contribution is 2.24. The lowest BCUT2D eigenvalue weighted by atomic mass is 10.0. The molecule has 0 radical (unpaired) electrons. The van der Waals surface area contributed by atoms with E-state index >= 15 is 0 Å². The summed E-state index contributed by atoms with van der Waals surface area (Å²) in [5.74, 6) is -0.248. The molecule has 1 saturated heterocycles. The van der Waals surface area contributed by atoms with Gasteiger partial charge in [-0.05, 0) is 31.5 Å². The quantitative estimate of drug-likeness (QED) is 0.843. The lowest BCUT2D eigenvalue weighted by Crippen LogP contribution is -2.35. The molecule has 1 unspecified atom stereocenters. The Morgan fingerprint density at radius 1 is 1.32 bits per heavy atom. The van der Waals surface area contributed by atoms with Crippen molar-refractivity contribution in [3.05, 3.63) is 35.8 Å². The third-order valence-corrected chi connectivity index (χ3v) is 3.62. The average molecular weight is 261 g/mol. The lowest BCUT2D eigenvalue weighted by molar-refractivity contribution is 0.0915. The number of furan rings is 1. The third kappa shape index (κ3) is 2.40. The summed E-state index contributed by atoms with van der Waals surface area (Å²) in [5, 5.41) is 3.87. The highest BCUT2D eigenvalue weighted by atomic mass is 19.1. The molecule has 1 aromatic heterocycles. The molecule has 19 heavy (non-hydrogen) atoms. The number of Topliss-reactive ketones (excluding diaryl/α,β-unsaturated/α-hetero) is 1. The van der Waals surface area contributed by atoms with Gasteiger partial charge in [-0.3, -0.25) is 4.79 Å². The van der Waals surface area contributed by atoms with Crippen LogP contribution < -0.4 is 5.32 Å². The highest BCUT2D eigenvalue weighted by molar-refractivity contribution is 6.01. The maximum absolute atomic E-state index is 13.5. The van der Waals surface area contributed by atoms with Crippen LogP contribution in [-0.2, 0) is 0 Å². The van der Waals surface area contributed by atoms with E-state index in [0.717, 1.165) is 32.2 Å². The van der Waals surface area contributed by atoms with Gasteiger partial charge in [0.15, 0.2) is 17.2 Å². The molecule has 3 nitrogen and oxygen atoms in total. The minimum Gasteiger partial charge on any atom is -0.450 e. The van der Waals surface area contributed by atoms with Crippen molar-refractivity contribution < 1.29 is 13.6 Å². The second-order valence-corrected chi connectivity index (χ2v) is 4.99. The maximum Gasteiger partial charge on any atom is 0.214 e. The van der Waals surface area contributed by atoms with Gasteiger partial charge in [0.25, 0.3) is 0 Å². The molecule has 1 atom stereocenters. The number of benzene rings is 1. The Kier molecular flexibility index (Phi) is 3.34. The second kappa shape index (κ2) is 5.13. The molecule has 4 heteroatoms. The van der Waals surface area contributed by atoms with E-state index in [4.69, 9.17) is 4.42 Å². The Morgan fingerprint density at radius 3 is 3.05 bits per heavy atom. The van der Waals surface area contributed by atoms with Crippen molar-refractivity contribution in [3.63, 3.8) is 0 Å². The van der Waals surface area contributed by atoms with E-state index in [2.05, 4.69) is 5.32 Å². The van der Waals surface area contributed by atoms with Gasteiger partial charge in [-0.15, -0.1) is 0 Å². The van der Waals surface area contributed by atoms with Gasteiger partial charge in [0.05, 0.1) is 6.04 Å². The van der Waals surface area contributed by atoms with E-state index in [-0.39, 0.29) is 23.2 Å². The fourth-order valence-corrected chi connectivity index (χ4v) is 2.57. The zero-order valence-corrected chi connectivity index (χ0v) is 10.6. The summed E-state index contributed by atoms with van der Waals surface area (Å²) in [6.45, 7) is 0.852. The van der Waals surface area contributed by atoms with Gasteiger partial charge in [0.2, 0.25) is 5.78 Å². The van der Waals surface area contributed by atoms with Crippen molar-refractivity contribution >= 4 is 16.8 Å². The zero-order chi connectivity index (χ0) is 13.2. The molecular formula is C15H16FNO2. The molecule has 1 aliphatic heterocycles. The fourth-order valence-electron chi connectivity index (χ4n) is 2.57. The molecular weight excluding hydrogens is 245 g/mol. The molecule has 1 N–H and O–H groups in total. The van der Waals surface area contributed by atoms with Gasteiger partial charge >= 0.3 is 0 Å². The molecule has 2 heterocycles. The Morgan fingerprint density at radius 2 is 2.21 bits per heavy atom. The lowest BCUT2D eigenvalue weighted by Gasteiger charge is -2.12. The van der Waals surface area contributed by atoms with Crippen LogP contribution in [0.5, 0.6) is 0 Å². The first-order chi connectivity index (χ1) is 9.25. The molecule has 0 amide bonds. The number of hydrogen-bond donors (Lipinski definition) is 1. The fraction of sp³-hybridized carbons (Fsp3) is 0.400. The minimum absolute atomic E-state index is 0.0718. The molecule has 100 valence electrons. The Balaban J connectivity index is 1.90. The Labute approximate surface area is 110 Å². The molecule has 0 saturated carbocycles. The van der Waals surface area contributed by atoms with E-state index in [1.807, 2.05) is 0 Å². The number of ketones is 1. The first kappa shape index (κ1) is 12.4. The van der Waals surface area contributed by atoms with E-state index in [0.29, 0.717) is 5.39 Å². The molecule has 0 bridgehead atoms. The summed E-state index contributed by atoms with van der Waals surface area (Å²) >= 11 is 0. The highest BCUT2D eigenvalue weighted by Gasteiger charge is 2.24. The largest absolute Gasteiger partial charge is 0.450 e. The van der Waals surface area contributed by atoms with Gasteiger partial charge < -0.3 is 9.73 Å². The molecule has 0 spiro atoms. The topological polar surface area (TPSA) is 42.2 Å². The van der Waals surface area contributed by atoms with Crippen LogP contribution in [0.1, 0.15) is 36.2 Å². The van der Waals surface area contributed by atoms with Crippen molar-refractivity contribution in [3.8, 4) is 0 Å². The van der Waals surface area contributed by atoms with Crippen LogP contribution in [0.3, 0.4) is 0 Å². The zero-order valence-electron chi connectivity index (χ0n) is 10.6. The summed E-state index contributed by atoms with van der Waals surface area (Å²) in [4.78, 5) is 12.4. The van der Waals surface area contributed by atoms with Crippen LogP contribution >= 0.6 is 0 Å². The van der Waals surface area contributed by atoms with Crippen molar-refractivity contribution in [1.29, 1.82) is 0 Å². The first-order valence-corrected chi connectivity index (χ1v) is 6.71. The monoisotopic (exact) mass is 261 g/mol. The average Bonchev–Trinajstić information content (AvgIpc) is 2.67. The van der Waals surface area contributed by atoms with E-state index < -0.39 is 5.82 Å². The molecule has 1 aliphatic rings. The summed E-state index contributed by atoms with van der Waals surface area (Å²) in [7, 11) is 0. The van der Waals surface area contributed by atoms with Gasteiger partial charge in [-0.25, -0.2) is 4.39 Å². The summed E-state index contributed by atoms with van der Waals surface area (Å²) in [6, 6.07) is 6.13. The van der Waals surface area contributed by atoms with Crippen LogP contribution in [0.15, 0.2) is 28.7 Å². The van der Waals surface area contributed by atoms with Crippen LogP contribution in [0.4, 0.5) is 4.39 Å². The maximum atomic E-state index is 13.5.